The number of aryl methyl sites for hydroxylation is 1. The first kappa shape index (κ1) is 13.0. The number of aromatic amines is 2. The molecule has 3 N–H and O–H groups in total. The number of benzene rings is 2. The van der Waals surface area contributed by atoms with Gasteiger partial charge in [0.05, 0.1) is 11.0 Å². The molecule has 3 aromatic rings. The van der Waals surface area contributed by atoms with Crippen molar-refractivity contribution in [2.75, 3.05) is 5.32 Å². The lowest BCUT2D eigenvalue weighted by atomic mass is 10.1. The Labute approximate surface area is 124 Å². The van der Waals surface area contributed by atoms with Crippen molar-refractivity contribution in [3.8, 4) is 0 Å². The third-order valence-electron chi connectivity index (χ3n) is 3.23. The summed E-state index contributed by atoms with van der Waals surface area (Å²) < 4.78 is 1.12. The van der Waals surface area contributed by atoms with Crippen molar-refractivity contribution in [1.82, 2.24) is 9.97 Å². The van der Waals surface area contributed by atoms with Crippen LogP contribution in [0.1, 0.15) is 11.1 Å². The number of rotatable bonds is 3. The molecule has 5 heteroatoms. The van der Waals surface area contributed by atoms with E-state index in [1.54, 1.807) is 0 Å². The number of H-pyrrole nitrogens is 2. The zero-order valence-corrected chi connectivity index (χ0v) is 12.5. The van der Waals surface area contributed by atoms with Gasteiger partial charge in [-0.15, -0.1) is 0 Å². The Bertz CT molecular complexity index is 819. The van der Waals surface area contributed by atoms with Gasteiger partial charge >= 0.3 is 5.69 Å². The number of imidazole rings is 1. The number of hydrogen-bond acceptors (Lipinski definition) is 2. The fourth-order valence-electron chi connectivity index (χ4n) is 2.16. The predicted molar refractivity (Wildman–Crippen MR) is 85.1 cm³/mol. The maximum Gasteiger partial charge on any atom is 0.323 e. The van der Waals surface area contributed by atoms with E-state index in [4.69, 9.17) is 0 Å². The van der Waals surface area contributed by atoms with E-state index in [-0.39, 0.29) is 5.69 Å². The van der Waals surface area contributed by atoms with Gasteiger partial charge in [0.2, 0.25) is 0 Å². The molecule has 0 unspecified atom stereocenters. The summed E-state index contributed by atoms with van der Waals surface area (Å²) >= 11 is 3.50. The molecule has 0 aliphatic carbocycles. The molecule has 0 fully saturated rings. The minimum atomic E-state index is -0.180. The second kappa shape index (κ2) is 5.17. The quantitative estimate of drug-likeness (QED) is 0.687. The summed E-state index contributed by atoms with van der Waals surface area (Å²) in [5.41, 5.74) is 4.86. The molecular formula is C15H14BrN3O. The normalized spacial score (nSPS) is 10.9. The van der Waals surface area contributed by atoms with Crippen LogP contribution in [0.4, 0.5) is 5.69 Å². The molecule has 0 bridgehead atoms. The standard InChI is InChI=1S/C15H14BrN3O/c1-9-6-10(2-4-12(9)16)8-17-11-3-5-13-14(7-11)19-15(20)18-13/h2-7,17H,8H2,1H3,(H2,18,19,20). The molecule has 1 heterocycles. The van der Waals surface area contributed by atoms with E-state index in [2.05, 4.69) is 56.3 Å². The summed E-state index contributed by atoms with van der Waals surface area (Å²) in [6.07, 6.45) is 0. The lowest BCUT2D eigenvalue weighted by Crippen LogP contribution is -2.00. The average Bonchev–Trinajstić information content (AvgIpc) is 2.79. The van der Waals surface area contributed by atoms with E-state index in [0.29, 0.717) is 0 Å². The lowest BCUT2D eigenvalue weighted by Gasteiger charge is -2.08. The Hall–Kier alpha value is -2.01. The van der Waals surface area contributed by atoms with Gasteiger partial charge < -0.3 is 15.3 Å². The Morgan fingerprint density at radius 2 is 1.90 bits per heavy atom. The first-order valence-electron chi connectivity index (χ1n) is 6.33. The molecule has 102 valence electrons. The minimum absolute atomic E-state index is 0.180. The summed E-state index contributed by atoms with van der Waals surface area (Å²) in [6, 6.07) is 12.1. The van der Waals surface area contributed by atoms with E-state index in [9.17, 15) is 4.79 Å². The lowest BCUT2D eigenvalue weighted by molar-refractivity contribution is 1.14. The Morgan fingerprint density at radius 1 is 1.10 bits per heavy atom. The number of halogens is 1. The SMILES string of the molecule is Cc1cc(CNc2ccc3[nH]c(=O)[nH]c3c2)ccc1Br. The number of fused-ring (bicyclic) bond motifs is 1. The number of anilines is 1. The van der Waals surface area contributed by atoms with E-state index in [1.807, 2.05) is 18.2 Å². The van der Waals surface area contributed by atoms with Gasteiger partial charge in [-0.25, -0.2) is 4.79 Å². The van der Waals surface area contributed by atoms with Crippen LogP contribution in [-0.2, 0) is 6.54 Å². The van der Waals surface area contributed by atoms with E-state index < -0.39 is 0 Å². The third-order valence-corrected chi connectivity index (χ3v) is 4.12. The van der Waals surface area contributed by atoms with Gasteiger partial charge in [0, 0.05) is 16.7 Å². The number of hydrogen-bond donors (Lipinski definition) is 3. The first-order valence-corrected chi connectivity index (χ1v) is 7.12. The molecule has 4 nitrogen and oxygen atoms in total. The summed E-state index contributed by atoms with van der Waals surface area (Å²) in [4.78, 5) is 16.7. The van der Waals surface area contributed by atoms with Gasteiger partial charge in [-0.2, -0.15) is 0 Å². The molecule has 0 saturated carbocycles. The molecule has 3 rings (SSSR count). The molecular weight excluding hydrogens is 318 g/mol. The maximum absolute atomic E-state index is 11.2. The summed E-state index contributed by atoms with van der Waals surface area (Å²) in [5, 5.41) is 3.36. The molecule has 1 aromatic heterocycles. The van der Waals surface area contributed by atoms with Crippen molar-refractivity contribution >= 4 is 32.7 Å². The molecule has 0 saturated heterocycles. The predicted octanol–water partition coefficient (Wildman–Crippen LogP) is 3.54. The third kappa shape index (κ3) is 2.63. The Kier molecular flexibility index (Phi) is 3.36. The zero-order valence-electron chi connectivity index (χ0n) is 11.0. The van der Waals surface area contributed by atoms with Gasteiger partial charge in [0.1, 0.15) is 0 Å². The van der Waals surface area contributed by atoms with Crippen LogP contribution in [0, 0.1) is 6.92 Å². The van der Waals surface area contributed by atoms with Crippen LogP contribution < -0.4 is 11.0 Å². The topological polar surface area (TPSA) is 60.7 Å². The van der Waals surface area contributed by atoms with Crippen LogP contribution in [0.15, 0.2) is 45.7 Å². The zero-order chi connectivity index (χ0) is 14.1. The van der Waals surface area contributed by atoms with Crippen molar-refractivity contribution < 1.29 is 0 Å². The second-order valence-electron chi connectivity index (χ2n) is 4.78. The van der Waals surface area contributed by atoms with Crippen LogP contribution in [0.3, 0.4) is 0 Å². The Morgan fingerprint density at radius 3 is 2.70 bits per heavy atom. The highest BCUT2D eigenvalue weighted by Gasteiger charge is 2.01. The van der Waals surface area contributed by atoms with Crippen molar-refractivity contribution in [3.05, 3.63) is 62.5 Å². The van der Waals surface area contributed by atoms with E-state index in [1.165, 1.54) is 11.1 Å². The number of nitrogens with one attached hydrogen (secondary N) is 3. The number of aromatic nitrogens is 2. The highest BCUT2D eigenvalue weighted by atomic mass is 79.9. The van der Waals surface area contributed by atoms with Crippen LogP contribution in [-0.4, -0.2) is 9.97 Å². The first-order chi connectivity index (χ1) is 9.61. The molecule has 20 heavy (non-hydrogen) atoms. The molecule has 2 aromatic carbocycles. The van der Waals surface area contributed by atoms with Crippen LogP contribution >= 0.6 is 15.9 Å². The van der Waals surface area contributed by atoms with Gasteiger partial charge in [0.15, 0.2) is 0 Å². The fourth-order valence-corrected chi connectivity index (χ4v) is 2.41. The monoisotopic (exact) mass is 331 g/mol. The van der Waals surface area contributed by atoms with Gasteiger partial charge in [0.25, 0.3) is 0 Å². The molecule has 0 atom stereocenters. The highest BCUT2D eigenvalue weighted by molar-refractivity contribution is 9.10. The molecule has 0 amide bonds. The minimum Gasteiger partial charge on any atom is -0.381 e. The van der Waals surface area contributed by atoms with Crippen molar-refractivity contribution in [3.63, 3.8) is 0 Å². The molecule has 0 spiro atoms. The fraction of sp³-hybridized carbons (Fsp3) is 0.133. The van der Waals surface area contributed by atoms with Crippen molar-refractivity contribution in [2.24, 2.45) is 0 Å². The van der Waals surface area contributed by atoms with Crippen LogP contribution in [0.25, 0.3) is 11.0 Å². The average molecular weight is 332 g/mol. The summed E-state index contributed by atoms with van der Waals surface area (Å²) in [6.45, 7) is 2.82. The van der Waals surface area contributed by atoms with Gasteiger partial charge in [-0.3, -0.25) is 0 Å². The molecule has 0 radical (unpaired) electrons. The van der Waals surface area contributed by atoms with Crippen LogP contribution in [0.5, 0.6) is 0 Å². The highest BCUT2D eigenvalue weighted by Crippen LogP contribution is 2.19. The van der Waals surface area contributed by atoms with Crippen LogP contribution in [0.2, 0.25) is 0 Å². The summed E-state index contributed by atoms with van der Waals surface area (Å²) in [7, 11) is 0. The molecule has 0 aliphatic heterocycles. The van der Waals surface area contributed by atoms with E-state index >= 15 is 0 Å². The summed E-state index contributed by atoms with van der Waals surface area (Å²) in [5.74, 6) is 0. The Balaban J connectivity index is 1.78. The second-order valence-corrected chi connectivity index (χ2v) is 5.63. The van der Waals surface area contributed by atoms with Crippen molar-refractivity contribution in [1.29, 1.82) is 0 Å². The van der Waals surface area contributed by atoms with Gasteiger partial charge in [-0.1, -0.05) is 28.1 Å². The van der Waals surface area contributed by atoms with Gasteiger partial charge in [-0.05, 0) is 42.3 Å². The largest absolute Gasteiger partial charge is 0.381 e. The maximum atomic E-state index is 11.2. The van der Waals surface area contributed by atoms with E-state index in [0.717, 1.165) is 27.7 Å². The smallest absolute Gasteiger partial charge is 0.323 e. The molecule has 0 aliphatic rings. The van der Waals surface area contributed by atoms with Crippen molar-refractivity contribution in [2.45, 2.75) is 13.5 Å².